The van der Waals surface area contributed by atoms with Crippen molar-refractivity contribution >= 4 is 11.6 Å². The van der Waals surface area contributed by atoms with Crippen LogP contribution < -0.4 is 4.90 Å². The minimum atomic E-state index is -0.0546. The molecule has 0 unspecified atom stereocenters. The molecule has 2 aromatic carbocycles. The Morgan fingerprint density at radius 2 is 1.76 bits per heavy atom. The van der Waals surface area contributed by atoms with Gasteiger partial charge in [0.15, 0.2) is 0 Å². The molecule has 128 valence electrons. The van der Waals surface area contributed by atoms with Gasteiger partial charge in [-0.2, -0.15) is 5.26 Å². The first-order valence-corrected chi connectivity index (χ1v) is 8.35. The van der Waals surface area contributed by atoms with Crippen LogP contribution in [0.1, 0.15) is 27.0 Å². The number of amides is 1. The van der Waals surface area contributed by atoms with Gasteiger partial charge in [-0.25, -0.2) is 0 Å². The highest BCUT2D eigenvalue weighted by atomic mass is 16.3. The molecular formula is C20H21N3O2. The normalized spacial score (nSPS) is 14.3. The topological polar surface area (TPSA) is 67.6 Å². The van der Waals surface area contributed by atoms with Crippen molar-refractivity contribution in [2.45, 2.75) is 13.8 Å². The average Bonchev–Trinajstić information content (AvgIpc) is 2.64. The second-order valence-electron chi connectivity index (χ2n) is 6.36. The Kier molecular flexibility index (Phi) is 4.62. The first-order valence-electron chi connectivity index (χ1n) is 8.35. The highest BCUT2D eigenvalue weighted by Crippen LogP contribution is 2.25. The van der Waals surface area contributed by atoms with Gasteiger partial charge in [-0.3, -0.25) is 4.79 Å². The van der Waals surface area contributed by atoms with Crippen LogP contribution in [-0.2, 0) is 0 Å². The number of hydrogen-bond acceptors (Lipinski definition) is 4. The quantitative estimate of drug-likeness (QED) is 0.916. The maximum atomic E-state index is 12.8. The molecule has 1 N–H and O–H groups in total. The molecule has 0 atom stereocenters. The van der Waals surface area contributed by atoms with E-state index in [1.165, 1.54) is 0 Å². The van der Waals surface area contributed by atoms with Gasteiger partial charge in [0, 0.05) is 31.7 Å². The van der Waals surface area contributed by atoms with Crippen molar-refractivity contribution in [1.29, 1.82) is 5.26 Å². The molecule has 1 saturated heterocycles. The van der Waals surface area contributed by atoms with E-state index < -0.39 is 0 Å². The third-order valence-corrected chi connectivity index (χ3v) is 4.71. The summed E-state index contributed by atoms with van der Waals surface area (Å²) in [5, 5.41) is 19.2. The number of aromatic hydroxyl groups is 1. The van der Waals surface area contributed by atoms with Crippen LogP contribution in [0.4, 0.5) is 5.69 Å². The summed E-state index contributed by atoms with van der Waals surface area (Å²) in [6, 6.07) is 13.1. The number of phenolic OH excluding ortho intramolecular Hbond substituents is 1. The SMILES string of the molecule is Cc1cc(C)c(C(=O)N2CCN(c3ccccc3C#N)CC2)cc1O. The van der Waals surface area contributed by atoms with Crippen LogP contribution in [0.3, 0.4) is 0 Å². The molecule has 1 fully saturated rings. The molecule has 1 amide bonds. The highest BCUT2D eigenvalue weighted by molar-refractivity contribution is 5.96. The summed E-state index contributed by atoms with van der Waals surface area (Å²) in [6.07, 6.45) is 0. The standard InChI is InChI=1S/C20H21N3O2/c1-14-11-15(2)19(24)12-17(14)20(25)23-9-7-22(8-10-23)18-6-4-3-5-16(18)13-21/h3-6,11-12,24H,7-10H2,1-2H3. The number of carbonyl (C=O) groups excluding carboxylic acids is 1. The summed E-state index contributed by atoms with van der Waals surface area (Å²) in [7, 11) is 0. The summed E-state index contributed by atoms with van der Waals surface area (Å²) in [4.78, 5) is 16.7. The van der Waals surface area contributed by atoms with E-state index in [1.54, 1.807) is 6.07 Å². The summed E-state index contributed by atoms with van der Waals surface area (Å²) in [5.41, 5.74) is 3.77. The third kappa shape index (κ3) is 3.29. The van der Waals surface area contributed by atoms with Gasteiger partial charge in [0.2, 0.25) is 0 Å². The van der Waals surface area contributed by atoms with Crippen LogP contribution in [-0.4, -0.2) is 42.1 Å². The van der Waals surface area contributed by atoms with Gasteiger partial charge in [0.25, 0.3) is 5.91 Å². The summed E-state index contributed by atoms with van der Waals surface area (Å²) in [5.74, 6) is 0.0940. The number of piperazine rings is 1. The summed E-state index contributed by atoms with van der Waals surface area (Å²) in [6.45, 7) is 6.25. The first-order chi connectivity index (χ1) is 12.0. The molecule has 1 aliphatic rings. The second kappa shape index (κ2) is 6.86. The van der Waals surface area contributed by atoms with Crippen molar-refractivity contribution in [3.05, 3.63) is 58.7 Å². The largest absolute Gasteiger partial charge is 0.508 e. The monoisotopic (exact) mass is 335 g/mol. The molecule has 0 radical (unpaired) electrons. The number of anilines is 1. The van der Waals surface area contributed by atoms with Gasteiger partial charge in [0.05, 0.1) is 11.3 Å². The van der Waals surface area contributed by atoms with Crippen molar-refractivity contribution < 1.29 is 9.90 Å². The number of rotatable bonds is 2. The van der Waals surface area contributed by atoms with E-state index >= 15 is 0 Å². The first kappa shape index (κ1) is 16.8. The average molecular weight is 335 g/mol. The Labute approximate surface area is 147 Å². The number of aryl methyl sites for hydroxylation is 2. The molecule has 1 heterocycles. The van der Waals surface area contributed by atoms with Crippen LogP contribution in [0.2, 0.25) is 0 Å². The van der Waals surface area contributed by atoms with E-state index in [9.17, 15) is 15.2 Å². The van der Waals surface area contributed by atoms with Gasteiger partial charge in [-0.15, -0.1) is 0 Å². The van der Waals surface area contributed by atoms with Crippen LogP contribution in [0.25, 0.3) is 0 Å². The van der Waals surface area contributed by atoms with Crippen LogP contribution in [0.15, 0.2) is 36.4 Å². The summed E-state index contributed by atoms with van der Waals surface area (Å²) >= 11 is 0. The van der Waals surface area contributed by atoms with Gasteiger partial charge in [0.1, 0.15) is 11.8 Å². The van der Waals surface area contributed by atoms with Crippen molar-refractivity contribution in [3.8, 4) is 11.8 Å². The van der Waals surface area contributed by atoms with Crippen LogP contribution >= 0.6 is 0 Å². The fraction of sp³-hybridized carbons (Fsp3) is 0.300. The molecule has 0 saturated carbocycles. The Hall–Kier alpha value is -3.00. The van der Waals surface area contributed by atoms with Gasteiger partial charge < -0.3 is 14.9 Å². The third-order valence-electron chi connectivity index (χ3n) is 4.71. The Bertz CT molecular complexity index is 847. The number of carbonyl (C=O) groups is 1. The lowest BCUT2D eigenvalue weighted by molar-refractivity contribution is 0.0745. The van der Waals surface area contributed by atoms with E-state index in [0.29, 0.717) is 37.3 Å². The van der Waals surface area contributed by atoms with Gasteiger partial charge in [-0.05, 0) is 43.2 Å². The van der Waals surface area contributed by atoms with Crippen LogP contribution in [0.5, 0.6) is 5.75 Å². The lowest BCUT2D eigenvalue weighted by atomic mass is 10.0. The minimum Gasteiger partial charge on any atom is -0.508 e. The van der Waals surface area contributed by atoms with E-state index in [2.05, 4.69) is 11.0 Å². The lowest BCUT2D eigenvalue weighted by Crippen LogP contribution is -2.49. The molecule has 5 nitrogen and oxygen atoms in total. The van der Waals surface area contributed by atoms with Crippen molar-refractivity contribution in [3.63, 3.8) is 0 Å². The lowest BCUT2D eigenvalue weighted by Gasteiger charge is -2.36. The Morgan fingerprint density at radius 3 is 2.44 bits per heavy atom. The predicted molar refractivity (Wildman–Crippen MR) is 96.9 cm³/mol. The van der Waals surface area contributed by atoms with E-state index in [0.717, 1.165) is 16.8 Å². The molecular weight excluding hydrogens is 314 g/mol. The zero-order valence-electron chi connectivity index (χ0n) is 14.5. The maximum Gasteiger partial charge on any atom is 0.254 e. The molecule has 0 aliphatic carbocycles. The number of para-hydroxylation sites is 1. The number of nitriles is 1. The summed E-state index contributed by atoms with van der Waals surface area (Å²) < 4.78 is 0. The number of nitrogens with zero attached hydrogens (tertiary/aromatic N) is 3. The maximum absolute atomic E-state index is 12.8. The number of hydrogen-bond donors (Lipinski definition) is 1. The molecule has 0 aromatic heterocycles. The molecule has 5 heteroatoms. The molecule has 25 heavy (non-hydrogen) atoms. The zero-order valence-corrected chi connectivity index (χ0v) is 14.5. The van der Waals surface area contributed by atoms with Gasteiger partial charge in [-0.1, -0.05) is 18.2 Å². The van der Waals surface area contributed by atoms with E-state index in [-0.39, 0.29) is 11.7 Å². The van der Waals surface area contributed by atoms with Crippen molar-refractivity contribution in [2.75, 3.05) is 31.1 Å². The fourth-order valence-corrected chi connectivity index (χ4v) is 3.24. The zero-order chi connectivity index (χ0) is 18.0. The van der Waals surface area contributed by atoms with E-state index in [1.807, 2.05) is 49.1 Å². The molecule has 2 aromatic rings. The number of phenols is 1. The molecule has 0 bridgehead atoms. The van der Waals surface area contributed by atoms with Crippen LogP contribution in [0, 0.1) is 25.2 Å². The predicted octanol–water partition coefficient (Wildman–Crippen LogP) is 2.84. The van der Waals surface area contributed by atoms with E-state index in [4.69, 9.17) is 0 Å². The highest BCUT2D eigenvalue weighted by Gasteiger charge is 2.24. The van der Waals surface area contributed by atoms with Crippen molar-refractivity contribution in [1.82, 2.24) is 4.90 Å². The van der Waals surface area contributed by atoms with Crippen molar-refractivity contribution in [2.24, 2.45) is 0 Å². The Balaban J connectivity index is 1.73. The minimum absolute atomic E-state index is 0.0546. The smallest absolute Gasteiger partial charge is 0.254 e. The molecule has 3 rings (SSSR count). The molecule has 0 spiro atoms. The molecule has 1 aliphatic heterocycles. The second-order valence-corrected chi connectivity index (χ2v) is 6.36. The van der Waals surface area contributed by atoms with Gasteiger partial charge >= 0.3 is 0 Å². The Morgan fingerprint density at radius 1 is 1.08 bits per heavy atom. The fourth-order valence-electron chi connectivity index (χ4n) is 3.24. The number of benzene rings is 2.